The Bertz CT molecular complexity index is 2180. The second kappa shape index (κ2) is 12.0. The Balaban J connectivity index is 1.26. The van der Waals surface area contributed by atoms with Crippen molar-refractivity contribution in [3.63, 3.8) is 0 Å². The van der Waals surface area contributed by atoms with Crippen LogP contribution in [0.2, 0.25) is 0 Å². The van der Waals surface area contributed by atoms with E-state index in [0.717, 1.165) is 33.4 Å². The van der Waals surface area contributed by atoms with Crippen LogP contribution in [0.15, 0.2) is 101 Å². The van der Waals surface area contributed by atoms with Crippen molar-refractivity contribution in [2.45, 2.75) is 33.4 Å². The van der Waals surface area contributed by atoms with E-state index in [0.29, 0.717) is 29.4 Å². The molecule has 0 radical (unpaired) electrons. The first-order valence-electron chi connectivity index (χ1n) is 15.0. The number of amides is 1. The van der Waals surface area contributed by atoms with Crippen LogP contribution >= 0.6 is 0 Å². The second-order valence-corrected chi connectivity index (χ2v) is 11.3. The van der Waals surface area contributed by atoms with Crippen molar-refractivity contribution < 1.29 is 4.79 Å². The number of fused-ring (bicyclic) bond motifs is 1. The van der Waals surface area contributed by atoms with E-state index in [2.05, 4.69) is 42.9 Å². The zero-order valence-electron chi connectivity index (χ0n) is 26.4. The number of benzene rings is 1. The van der Waals surface area contributed by atoms with Gasteiger partial charge in [-0.25, -0.2) is 24.0 Å². The summed E-state index contributed by atoms with van der Waals surface area (Å²) in [6, 6.07) is 11.3. The second-order valence-electron chi connectivity index (χ2n) is 11.3. The summed E-state index contributed by atoms with van der Waals surface area (Å²) in [6.45, 7) is 10.6. The van der Waals surface area contributed by atoms with Gasteiger partial charge in [0.2, 0.25) is 0 Å². The van der Waals surface area contributed by atoms with E-state index in [1.807, 2.05) is 62.4 Å². The minimum Gasteiger partial charge on any atom is -0.350 e. The molecule has 0 saturated heterocycles. The molecule has 4 heterocycles. The van der Waals surface area contributed by atoms with Crippen LogP contribution in [0.4, 0.5) is 5.69 Å². The number of hydrogen-bond donors (Lipinski definition) is 2. The first-order valence-corrected chi connectivity index (χ1v) is 15.0. The fraction of sp³-hybridized carbons (Fsp3) is 0.235. The number of pyridine rings is 1. The van der Waals surface area contributed by atoms with Gasteiger partial charge in [0.1, 0.15) is 11.5 Å². The standard InChI is InChI=1S/C34H35N9O3/c1-7-42-29(23-11-13-25(14-12-23)43-22(4)39-41(6)34(43)46)17-24-15-16-36-30(31(24)42)32(44)38-27-10-8-9-26(20(27)2)21(3)37-28-18-35-19-40(5)33(28)45/h8-20,27,37H,3,7H2,1-2,4-6H3,(H,38,44). The van der Waals surface area contributed by atoms with Crippen LogP contribution in [0, 0.1) is 12.8 Å². The van der Waals surface area contributed by atoms with Crippen LogP contribution in [-0.2, 0) is 20.6 Å². The highest BCUT2D eigenvalue weighted by Gasteiger charge is 2.27. The normalized spacial score (nSPS) is 16.0. The highest BCUT2D eigenvalue weighted by molar-refractivity contribution is 6.05. The number of carbonyl (C=O) groups is 1. The van der Waals surface area contributed by atoms with Gasteiger partial charge in [-0.1, -0.05) is 43.9 Å². The summed E-state index contributed by atoms with van der Waals surface area (Å²) in [5.41, 5.74) is 4.97. The number of aromatic nitrogens is 7. The first-order chi connectivity index (χ1) is 22.1. The Morgan fingerprint density at radius 3 is 2.57 bits per heavy atom. The maximum atomic E-state index is 13.8. The number of nitrogens with zero attached hydrogens (tertiary/aromatic N) is 7. The van der Waals surface area contributed by atoms with Crippen LogP contribution in [0.5, 0.6) is 0 Å². The van der Waals surface area contributed by atoms with Crippen molar-refractivity contribution in [1.29, 1.82) is 0 Å². The highest BCUT2D eigenvalue weighted by atomic mass is 16.2. The van der Waals surface area contributed by atoms with E-state index < -0.39 is 0 Å². The number of rotatable bonds is 8. The van der Waals surface area contributed by atoms with Crippen molar-refractivity contribution in [3.8, 4) is 16.9 Å². The van der Waals surface area contributed by atoms with Gasteiger partial charge in [0.05, 0.1) is 29.8 Å². The molecule has 4 aromatic heterocycles. The van der Waals surface area contributed by atoms with Gasteiger partial charge in [0.25, 0.3) is 11.5 Å². The van der Waals surface area contributed by atoms with E-state index in [4.69, 9.17) is 0 Å². The van der Waals surface area contributed by atoms with Gasteiger partial charge in [-0.05, 0) is 49.2 Å². The largest absolute Gasteiger partial charge is 0.350 e. The molecule has 6 rings (SSSR count). The molecule has 2 N–H and O–H groups in total. The van der Waals surface area contributed by atoms with Gasteiger partial charge in [-0.15, -0.1) is 0 Å². The Labute approximate surface area is 265 Å². The number of anilines is 1. The predicted octanol–water partition coefficient (Wildman–Crippen LogP) is 3.87. The summed E-state index contributed by atoms with van der Waals surface area (Å²) in [4.78, 5) is 47.5. The Morgan fingerprint density at radius 1 is 1.11 bits per heavy atom. The number of hydrogen-bond acceptors (Lipinski definition) is 7. The van der Waals surface area contributed by atoms with Gasteiger partial charge < -0.3 is 19.8 Å². The van der Waals surface area contributed by atoms with E-state index in [1.54, 1.807) is 31.8 Å². The molecular weight excluding hydrogens is 582 g/mol. The molecule has 1 aliphatic rings. The molecule has 1 aliphatic carbocycles. The lowest BCUT2D eigenvalue weighted by molar-refractivity contribution is 0.0934. The molecule has 2 unspecified atom stereocenters. The summed E-state index contributed by atoms with van der Waals surface area (Å²) in [5, 5.41) is 11.4. The summed E-state index contributed by atoms with van der Waals surface area (Å²) in [6.07, 6.45) is 10.3. The number of nitrogens with one attached hydrogen (secondary N) is 2. The summed E-state index contributed by atoms with van der Waals surface area (Å²) in [5.74, 6) is 0.167. The molecule has 12 nitrogen and oxygen atoms in total. The van der Waals surface area contributed by atoms with Crippen LogP contribution in [0.1, 0.15) is 30.2 Å². The zero-order valence-corrected chi connectivity index (χ0v) is 26.4. The SMILES string of the molecule is C=C(Nc1cncn(C)c1=O)C1=CC=CC(NC(=O)c2nccc3cc(-c4ccc(-n5c(C)nn(C)c5=O)cc4)n(CC)c23)C1C. The van der Waals surface area contributed by atoms with Gasteiger partial charge in [0, 0.05) is 49.5 Å². The molecule has 12 heteroatoms. The molecule has 1 aromatic carbocycles. The van der Waals surface area contributed by atoms with Crippen LogP contribution in [0.3, 0.4) is 0 Å². The molecule has 0 saturated carbocycles. The van der Waals surface area contributed by atoms with Crippen LogP contribution in [-0.4, -0.2) is 45.4 Å². The van der Waals surface area contributed by atoms with Gasteiger partial charge in [-0.2, -0.15) is 5.10 Å². The fourth-order valence-corrected chi connectivity index (χ4v) is 6.00. The quantitative estimate of drug-likeness (QED) is 0.270. The average molecular weight is 618 g/mol. The summed E-state index contributed by atoms with van der Waals surface area (Å²) >= 11 is 0. The molecule has 0 aliphatic heterocycles. The topological polar surface area (TPSA) is 134 Å². The first kappa shape index (κ1) is 30.3. The molecule has 0 spiro atoms. The zero-order chi connectivity index (χ0) is 32.7. The maximum Gasteiger partial charge on any atom is 0.350 e. The van der Waals surface area contributed by atoms with Gasteiger partial charge in [-0.3, -0.25) is 9.59 Å². The third kappa shape index (κ3) is 5.27. The molecule has 234 valence electrons. The summed E-state index contributed by atoms with van der Waals surface area (Å²) < 4.78 is 6.36. The number of allylic oxidation sites excluding steroid dienone is 3. The van der Waals surface area contributed by atoms with Crippen molar-refractivity contribution in [2.24, 2.45) is 20.0 Å². The Hall–Kier alpha value is -5.78. The lowest BCUT2D eigenvalue weighted by atomic mass is 9.87. The van der Waals surface area contributed by atoms with E-state index >= 15 is 0 Å². The highest BCUT2D eigenvalue weighted by Crippen LogP contribution is 2.31. The van der Waals surface area contributed by atoms with Crippen molar-refractivity contribution >= 4 is 22.5 Å². The van der Waals surface area contributed by atoms with Crippen molar-refractivity contribution in [3.05, 3.63) is 124 Å². The Morgan fingerprint density at radius 2 is 1.87 bits per heavy atom. The number of carbonyl (C=O) groups excluding carboxylic acids is 1. The third-order valence-electron chi connectivity index (χ3n) is 8.40. The van der Waals surface area contributed by atoms with Gasteiger partial charge >= 0.3 is 5.69 Å². The summed E-state index contributed by atoms with van der Waals surface area (Å²) in [7, 11) is 3.26. The molecule has 0 bridgehead atoms. The smallest absolute Gasteiger partial charge is 0.350 e. The third-order valence-corrected chi connectivity index (χ3v) is 8.40. The lowest BCUT2D eigenvalue weighted by Crippen LogP contribution is -2.40. The fourth-order valence-electron chi connectivity index (χ4n) is 6.00. The lowest BCUT2D eigenvalue weighted by Gasteiger charge is -2.28. The molecule has 46 heavy (non-hydrogen) atoms. The molecule has 2 atom stereocenters. The molecular formula is C34H35N9O3. The maximum absolute atomic E-state index is 13.8. The molecule has 1 amide bonds. The number of aryl methyl sites for hydroxylation is 4. The predicted molar refractivity (Wildman–Crippen MR) is 178 cm³/mol. The van der Waals surface area contributed by atoms with Crippen LogP contribution in [0.25, 0.3) is 27.8 Å². The Kier molecular flexibility index (Phi) is 7.86. The van der Waals surface area contributed by atoms with Gasteiger partial charge in [0.15, 0.2) is 5.69 Å². The average Bonchev–Trinajstić information content (AvgIpc) is 3.55. The van der Waals surface area contributed by atoms with E-state index in [-0.39, 0.29) is 29.1 Å². The van der Waals surface area contributed by atoms with E-state index in [9.17, 15) is 14.4 Å². The van der Waals surface area contributed by atoms with Crippen molar-refractivity contribution in [1.82, 2.24) is 38.8 Å². The minimum atomic E-state index is -0.337. The van der Waals surface area contributed by atoms with Crippen molar-refractivity contribution in [2.75, 3.05) is 5.32 Å². The van der Waals surface area contributed by atoms with Crippen LogP contribution < -0.4 is 21.9 Å². The minimum absolute atomic E-state index is 0.142. The van der Waals surface area contributed by atoms with E-state index in [1.165, 1.54) is 21.8 Å². The molecule has 0 fully saturated rings. The molecule has 5 aromatic rings. The monoisotopic (exact) mass is 617 g/mol.